The first-order valence-electron chi connectivity index (χ1n) is 13.1. The minimum Gasteiger partial charge on any atom is -0.354 e. The fourth-order valence-electron chi connectivity index (χ4n) is 4.19. The molecule has 1 unspecified atom stereocenters. The van der Waals surface area contributed by atoms with Gasteiger partial charge in [-0.3, -0.25) is 13.9 Å². The number of rotatable bonds is 12. The Morgan fingerprint density at radius 1 is 0.976 bits per heavy atom. The van der Waals surface area contributed by atoms with Crippen molar-refractivity contribution in [2.75, 3.05) is 17.4 Å². The Kier molecular flexibility index (Phi) is 11.0. The predicted octanol–water partition coefficient (Wildman–Crippen LogP) is 6.03. The summed E-state index contributed by atoms with van der Waals surface area (Å²) in [6.07, 6.45) is -4.08. The van der Waals surface area contributed by atoms with Crippen LogP contribution in [0.5, 0.6) is 0 Å². The minimum atomic E-state index is -4.83. The molecule has 2 amide bonds. The first-order valence-corrected chi connectivity index (χ1v) is 14.9. The van der Waals surface area contributed by atoms with Gasteiger partial charge in [-0.1, -0.05) is 55.8 Å². The second-order valence-corrected chi connectivity index (χ2v) is 11.6. The van der Waals surface area contributed by atoms with Crippen LogP contribution in [0.4, 0.5) is 23.2 Å². The van der Waals surface area contributed by atoms with Crippen LogP contribution >= 0.6 is 11.6 Å². The lowest BCUT2D eigenvalue weighted by atomic mass is 10.1. The fourth-order valence-corrected chi connectivity index (χ4v) is 5.90. The van der Waals surface area contributed by atoms with Gasteiger partial charge in [0.15, 0.2) is 0 Å². The summed E-state index contributed by atoms with van der Waals surface area (Å²) >= 11 is 6.24. The standard InChI is InChI=1S/C29H30ClF4N3O4S/c1-3-16-35-28(39)25(4-2)36(18-20-10-13-22(31)14-11-20)27(38)19-37(42(40,41)23-8-6-5-7-9-23)26-17-21(29(32,33)34)12-15-24(26)30/h5-15,17,25H,3-4,16,18-19H2,1-2H3,(H,35,39). The van der Waals surface area contributed by atoms with Crippen LogP contribution in [0.25, 0.3) is 0 Å². The molecule has 226 valence electrons. The summed E-state index contributed by atoms with van der Waals surface area (Å²) < 4.78 is 82.6. The molecule has 3 aromatic rings. The summed E-state index contributed by atoms with van der Waals surface area (Å²) in [5, 5.41) is 2.38. The van der Waals surface area contributed by atoms with Crippen LogP contribution in [-0.2, 0) is 32.3 Å². The third-order valence-electron chi connectivity index (χ3n) is 6.35. The first kappa shape index (κ1) is 32.9. The fraction of sp³-hybridized carbons (Fsp3) is 0.310. The third-order valence-corrected chi connectivity index (χ3v) is 8.45. The average molecular weight is 628 g/mol. The SMILES string of the molecule is CCCNC(=O)C(CC)N(Cc1ccc(F)cc1)C(=O)CN(c1cc(C(F)(F)F)ccc1Cl)S(=O)(=O)c1ccccc1. The number of sulfonamides is 1. The first-order chi connectivity index (χ1) is 19.8. The summed E-state index contributed by atoms with van der Waals surface area (Å²) in [5.41, 5.74) is -1.29. The molecule has 42 heavy (non-hydrogen) atoms. The molecular weight excluding hydrogens is 598 g/mol. The summed E-state index contributed by atoms with van der Waals surface area (Å²) in [6, 6.07) is 13.1. The lowest BCUT2D eigenvalue weighted by molar-refractivity contribution is -0.140. The maximum atomic E-state index is 13.9. The van der Waals surface area contributed by atoms with Gasteiger partial charge in [-0.25, -0.2) is 12.8 Å². The maximum Gasteiger partial charge on any atom is 0.416 e. The zero-order valence-electron chi connectivity index (χ0n) is 22.9. The third kappa shape index (κ3) is 8.01. The summed E-state index contributed by atoms with van der Waals surface area (Å²) in [7, 11) is -4.63. The van der Waals surface area contributed by atoms with Crippen LogP contribution < -0.4 is 9.62 Å². The zero-order valence-corrected chi connectivity index (χ0v) is 24.4. The number of nitrogens with zero attached hydrogens (tertiary/aromatic N) is 2. The number of hydrogen-bond donors (Lipinski definition) is 1. The topological polar surface area (TPSA) is 86.8 Å². The molecule has 0 aliphatic heterocycles. The van der Waals surface area contributed by atoms with E-state index in [9.17, 15) is 35.6 Å². The van der Waals surface area contributed by atoms with E-state index < -0.39 is 57.7 Å². The van der Waals surface area contributed by atoms with Crippen molar-refractivity contribution in [1.29, 1.82) is 0 Å². The molecule has 0 radical (unpaired) electrons. The largest absolute Gasteiger partial charge is 0.416 e. The van der Waals surface area contributed by atoms with E-state index in [1.165, 1.54) is 48.5 Å². The van der Waals surface area contributed by atoms with Crippen molar-refractivity contribution in [1.82, 2.24) is 10.2 Å². The highest BCUT2D eigenvalue weighted by molar-refractivity contribution is 7.92. The Balaban J connectivity index is 2.14. The van der Waals surface area contributed by atoms with E-state index in [2.05, 4.69) is 5.32 Å². The van der Waals surface area contributed by atoms with Crippen molar-refractivity contribution in [2.24, 2.45) is 0 Å². The average Bonchev–Trinajstić information content (AvgIpc) is 2.95. The van der Waals surface area contributed by atoms with Gasteiger partial charge < -0.3 is 10.2 Å². The van der Waals surface area contributed by atoms with E-state index in [-0.39, 0.29) is 22.9 Å². The van der Waals surface area contributed by atoms with E-state index in [0.717, 1.165) is 11.0 Å². The molecule has 3 rings (SSSR count). The van der Waals surface area contributed by atoms with E-state index in [1.54, 1.807) is 13.0 Å². The normalized spacial score (nSPS) is 12.5. The van der Waals surface area contributed by atoms with Crippen LogP contribution in [-0.4, -0.2) is 44.3 Å². The Hall–Kier alpha value is -3.64. The molecule has 3 aromatic carbocycles. The molecular formula is C29H30ClF4N3O4S. The number of nitrogens with one attached hydrogen (secondary N) is 1. The molecule has 1 atom stereocenters. The highest BCUT2D eigenvalue weighted by atomic mass is 35.5. The van der Waals surface area contributed by atoms with Crippen molar-refractivity contribution >= 4 is 39.1 Å². The molecule has 0 fully saturated rings. The van der Waals surface area contributed by atoms with Gasteiger partial charge in [-0.05, 0) is 60.9 Å². The van der Waals surface area contributed by atoms with Crippen LogP contribution in [0, 0.1) is 5.82 Å². The Labute approximate surface area is 247 Å². The molecule has 0 saturated heterocycles. The second kappa shape index (κ2) is 14.0. The molecule has 0 bridgehead atoms. The van der Waals surface area contributed by atoms with Gasteiger partial charge in [0.1, 0.15) is 18.4 Å². The van der Waals surface area contributed by atoms with Gasteiger partial charge in [0.2, 0.25) is 11.8 Å². The molecule has 0 saturated carbocycles. The molecule has 7 nitrogen and oxygen atoms in total. The number of anilines is 1. The van der Waals surface area contributed by atoms with E-state index >= 15 is 0 Å². The number of carbonyl (C=O) groups is 2. The van der Waals surface area contributed by atoms with Crippen LogP contribution in [0.2, 0.25) is 5.02 Å². The molecule has 0 heterocycles. The van der Waals surface area contributed by atoms with Gasteiger partial charge >= 0.3 is 6.18 Å². The predicted molar refractivity (Wildman–Crippen MR) is 152 cm³/mol. The van der Waals surface area contributed by atoms with Gasteiger partial charge in [0.25, 0.3) is 10.0 Å². The summed E-state index contributed by atoms with van der Waals surface area (Å²) in [6.45, 7) is 2.64. The summed E-state index contributed by atoms with van der Waals surface area (Å²) in [4.78, 5) is 27.9. The van der Waals surface area contributed by atoms with Crippen molar-refractivity contribution in [3.63, 3.8) is 0 Å². The van der Waals surface area contributed by atoms with Gasteiger partial charge in [0.05, 0.1) is 21.2 Å². The van der Waals surface area contributed by atoms with Gasteiger partial charge in [-0.2, -0.15) is 13.2 Å². The molecule has 0 spiro atoms. The number of amides is 2. The zero-order chi connectivity index (χ0) is 31.1. The van der Waals surface area contributed by atoms with Crippen molar-refractivity contribution in [3.8, 4) is 0 Å². The molecule has 1 N–H and O–H groups in total. The highest BCUT2D eigenvalue weighted by Gasteiger charge is 2.36. The minimum absolute atomic E-state index is 0.137. The Bertz CT molecular complexity index is 1490. The van der Waals surface area contributed by atoms with E-state index in [0.29, 0.717) is 35.0 Å². The summed E-state index contributed by atoms with van der Waals surface area (Å²) in [5.74, 6) is -1.90. The molecule has 0 aromatic heterocycles. The smallest absolute Gasteiger partial charge is 0.354 e. The van der Waals surface area contributed by atoms with Crippen LogP contribution in [0.1, 0.15) is 37.8 Å². The number of carbonyl (C=O) groups excluding carboxylic acids is 2. The Morgan fingerprint density at radius 3 is 2.19 bits per heavy atom. The maximum absolute atomic E-state index is 13.9. The number of hydrogen-bond acceptors (Lipinski definition) is 4. The Morgan fingerprint density at radius 2 is 1.62 bits per heavy atom. The van der Waals surface area contributed by atoms with Crippen molar-refractivity contribution in [2.45, 2.75) is 50.3 Å². The lowest BCUT2D eigenvalue weighted by Crippen LogP contribution is -2.52. The van der Waals surface area contributed by atoms with Crippen molar-refractivity contribution < 1.29 is 35.6 Å². The number of alkyl halides is 3. The number of benzene rings is 3. The van der Waals surface area contributed by atoms with E-state index in [4.69, 9.17) is 11.6 Å². The van der Waals surface area contributed by atoms with Gasteiger partial charge in [0, 0.05) is 13.1 Å². The van der Waals surface area contributed by atoms with Crippen molar-refractivity contribution in [3.05, 3.63) is 94.8 Å². The van der Waals surface area contributed by atoms with Gasteiger partial charge in [-0.15, -0.1) is 0 Å². The quantitative estimate of drug-likeness (QED) is 0.249. The molecule has 13 heteroatoms. The highest BCUT2D eigenvalue weighted by Crippen LogP contribution is 2.37. The lowest BCUT2D eigenvalue weighted by Gasteiger charge is -2.33. The monoisotopic (exact) mass is 627 g/mol. The van der Waals surface area contributed by atoms with Crippen LogP contribution in [0.3, 0.4) is 0 Å². The van der Waals surface area contributed by atoms with E-state index in [1.807, 2.05) is 6.92 Å². The van der Waals surface area contributed by atoms with Crippen LogP contribution in [0.15, 0.2) is 77.7 Å². The molecule has 0 aliphatic carbocycles. The second-order valence-electron chi connectivity index (χ2n) is 9.35. The number of halogens is 5. The molecule has 0 aliphatic rings.